The van der Waals surface area contributed by atoms with Crippen molar-refractivity contribution in [3.63, 3.8) is 0 Å². The Hall–Kier alpha value is -2.17. The van der Waals surface area contributed by atoms with E-state index in [1.807, 2.05) is 19.0 Å². The lowest BCUT2D eigenvalue weighted by Crippen LogP contribution is -2.36. The monoisotopic (exact) mass is 385 g/mol. The molecule has 2 rings (SSSR count). The van der Waals surface area contributed by atoms with Crippen LogP contribution < -0.4 is 5.76 Å². The van der Waals surface area contributed by atoms with Gasteiger partial charge in [-0.3, -0.25) is 9.36 Å². The molecule has 2 aromatic rings. The molecule has 0 unspecified atom stereocenters. The summed E-state index contributed by atoms with van der Waals surface area (Å²) < 4.78 is 37.8. The molecule has 0 spiro atoms. The number of esters is 1. The van der Waals surface area contributed by atoms with Crippen LogP contribution in [0.5, 0.6) is 0 Å². The molecule has 144 valence electrons. The maximum Gasteiger partial charge on any atom is 0.420 e. The van der Waals surface area contributed by atoms with Crippen LogP contribution in [0.4, 0.5) is 0 Å². The predicted octanol–water partition coefficient (Wildman–Crippen LogP) is 0.340. The van der Waals surface area contributed by atoms with Gasteiger partial charge in [0.1, 0.15) is 6.54 Å². The minimum atomic E-state index is -3.73. The van der Waals surface area contributed by atoms with E-state index in [9.17, 15) is 18.0 Å². The first-order valence-corrected chi connectivity index (χ1v) is 9.49. The molecule has 10 heteroatoms. The van der Waals surface area contributed by atoms with E-state index in [1.54, 1.807) is 6.92 Å². The summed E-state index contributed by atoms with van der Waals surface area (Å²) in [5.74, 6) is -1.35. The van der Waals surface area contributed by atoms with Crippen molar-refractivity contribution < 1.29 is 22.4 Å². The highest BCUT2D eigenvalue weighted by molar-refractivity contribution is 7.89. The summed E-state index contributed by atoms with van der Waals surface area (Å²) in [6.07, 6.45) is 0. The standard InChI is InChI=1S/C16H23N3O6S/c1-5-18(9-8-17(2)3)26(22,23)12-6-7-13-14(10-12)25-16(21)19(13)11-15(20)24-4/h6-7,10H,5,8-9,11H2,1-4H3. The van der Waals surface area contributed by atoms with E-state index in [-0.39, 0.29) is 17.0 Å². The van der Waals surface area contributed by atoms with Crippen LogP contribution in [0, 0.1) is 0 Å². The molecule has 1 heterocycles. The van der Waals surface area contributed by atoms with Gasteiger partial charge in [-0.1, -0.05) is 6.92 Å². The van der Waals surface area contributed by atoms with Crippen molar-refractivity contribution in [2.24, 2.45) is 0 Å². The van der Waals surface area contributed by atoms with E-state index in [4.69, 9.17) is 4.42 Å². The number of oxazole rings is 1. The van der Waals surface area contributed by atoms with Gasteiger partial charge in [-0.15, -0.1) is 0 Å². The van der Waals surface area contributed by atoms with E-state index in [2.05, 4.69) is 4.74 Å². The van der Waals surface area contributed by atoms with Crippen molar-refractivity contribution in [2.45, 2.75) is 18.4 Å². The Morgan fingerprint density at radius 1 is 1.27 bits per heavy atom. The summed E-state index contributed by atoms with van der Waals surface area (Å²) in [6, 6.07) is 4.16. The Morgan fingerprint density at radius 3 is 2.54 bits per heavy atom. The number of hydrogen-bond acceptors (Lipinski definition) is 7. The summed E-state index contributed by atoms with van der Waals surface area (Å²) in [5, 5.41) is 0. The number of fused-ring (bicyclic) bond motifs is 1. The summed E-state index contributed by atoms with van der Waals surface area (Å²) in [6.45, 7) is 2.70. The highest BCUT2D eigenvalue weighted by Crippen LogP contribution is 2.21. The fourth-order valence-corrected chi connectivity index (χ4v) is 3.92. The summed E-state index contributed by atoms with van der Waals surface area (Å²) in [5.41, 5.74) is 0.430. The highest BCUT2D eigenvalue weighted by atomic mass is 32.2. The molecule has 0 bridgehead atoms. The third-order valence-electron chi connectivity index (χ3n) is 3.94. The Kier molecular flexibility index (Phi) is 6.21. The molecular formula is C16H23N3O6S. The van der Waals surface area contributed by atoms with Crippen molar-refractivity contribution in [2.75, 3.05) is 40.8 Å². The van der Waals surface area contributed by atoms with Crippen molar-refractivity contribution in [1.82, 2.24) is 13.8 Å². The lowest BCUT2D eigenvalue weighted by Gasteiger charge is -2.22. The number of aromatic nitrogens is 1. The van der Waals surface area contributed by atoms with Crippen LogP contribution in [-0.4, -0.2) is 69.0 Å². The third kappa shape index (κ3) is 4.14. The second-order valence-corrected chi connectivity index (χ2v) is 7.90. The number of methoxy groups -OCH3 is 1. The molecule has 0 amide bonds. The molecule has 1 aromatic carbocycles. The molecule has 0 aliphatic carbocycles. The Balaban J connectivity index is 2.41. The summed E-state index contributed by atoms with van der Waals surface area (Å²) in [7, 11) is 1.22. The molecule has 0 saturated heterocycles. The fourth-order valence-electron chi connectivity index (χ4n) is 2.46. The normalized spacial score (nSPS) is 12.2. The number of carbonyl (C=O) groups is 1. The quantitative estimate of drug-likeness (QED) is 0.604. The topological polar surface area (TPSA) is 102 Å². The third-order valence-corrected chi connectivity index (χ3v) is 5.91. The molecule has 0 N–H and O–H groups in total. The number of hydrogen-bond donors (Lipinski definition) is 0. The molecule has 0 radical (unpaired) electrons. The first kappa shape index (κ1) is 20.1. The maximum absolute atomic E-state index is 12.8. The molecule has 0 fully saturated rings. The molecule has 9 nitrogen and oxygen atoms in total. The smallest absolute Gasteiger partial charge is 0.420 e. The van der Waals surface area contributed by atoms with Crippen molar-refractivity contribution in [1.29, 1.82) is 0 Å². The zero-order valence-corrected chi connectivity index (χ0v) is 16.1. The zero-order chi connectivity index (χ0) is 19.5. The summed E-state index contributed by atoms with van der Waals surface area (Å²) >= 11 is 0. The average molecular weight is 385 g/mol. The van der Waals surface area contributed by atoms with Crippen LogP contribution in [-0.2, 0) is 26.1 Å². The molecule has 0 saturated carbocycles. The van der Waals surface area contributed by atoms with Crippen LogP contribution in [0.3, 0.4) is 0 Å². The lowest BCUT2D eigenvalue weighted by molar-refractivity contribution is -0.141. The Labute approximate surface area is 151 Å². The number of ether oxygens (including phenoxy) is 1. The minimum absolute atomic E-state index is 0.0320. The van der Waals surface area contributed by atoms with Crippen LogP contribution >= 0.6 is 0 Å². The highest BCUT2D eigenvalue weighted by Gasteiger charge is 2.24. The van der Waals surface area contributed by atoms with E-state index in [0.29, 0.717) is 25.2 Å². The van der Waals surface area contributed by atoms with Crippen molar-refractivity contribution in [3.8, 4) is 0 Å². The Morgan fingerprint density at radius 2 is 1.96 bits per heavy atom. The van der Waals surface area contributed by atoms with Crippen LogP contribution in [0.25, 0.3) is 11.1 Å². The van der Waals surface area contributed by atoms with E-state index < -0.39 is 21.7 Å². The first-order valence-electron chi connectivity index (χ1n) is 8.05. The number of likely N-dealkylation sites (N-methyl/N-ethyl adjacent to an activating group) is 2. The second-order valence-electron chi connectivity index (χ2n) is 5.96. The van der Waals surface area contributed by atoms with E-state index >= 15 is 0 Å². The number of carbonyl (C=O) groups excluding carboxylic acids is 1. The number of sulfonamides is 1. The predicted molar refractivity (Wildman–Crippen MR) is 95.5 cm³/mol. The Bertz CT molecular complexity index is 945. The molecule has 0 aliphatic heterocycles. The zero-order valence-electron chi connectivity index (χ0n) is 15.3. The van der Waals surface area contributed by atoms with Crippen LogP contribution in [0.15, 0.2) is 32.3 Å². The maximum atomic E-state index is 12.8. The number of rotatable bonds is 8. The van der Waals surface area contributed by atoms with Gasteiger partial charge in [0.05, 0.1) is 17.5 Å². The minimum Gasteiger partial charge on any atom is -0.468 e. The van der Waals surface area contributed by atoms with Gasteiger partial charge in [0.15, 0.2) is 5.58 Å². The summed E-state index contributed by atoms with van der Waals surface area (Å²) in [4.78, 5) is 25.3. The fraction of sp³-hybridized carbons (Fsp3) is 0.500. The van der Waals surface area contributed by atoms with Crippen molar-refractivity contribution in [3.05, 3.63) is 28.7 Å². The lowest BCUT2D eigenvalue weighted by atomic mass is 10.3. The van der Waals surface area contributed by atoms with Crippen molar-refractivity contribution >= 4 is 27.1 Å². The largest absolute Gasteiger partial charge is 0.468 e. The first-order chi connectivity index (χ1) is 12.2. The van der Waals surface area contributed by atoms with Gasteiger partial charge in [-0.05, 0) is 26.2 Å². The molecule has 0 atom stereocenters. The van der Waals surface area contributed by atoms with Gasteiger partial charge in [0.25, 0.3) is 0 Å². The van der Waals surface area contributed by atoms with E-state index in [0.717, 1.165) is 4.57 Å². The molecule has 1 aromatic heterocycles. The van der Waals surface area contributed by atoms with Crippen LogP contribution in [0.2, 0.25) is 0 Å². The second kappa shape index (κ2) is 8.02. The van der Waals surface area contributed by atoms with Gasteiger partial charge >= 0.3 is 11.7 Å². The molecule has 26 heavy (non-hydrogen) atoms. The molecule has 0 aliphatic rings. The number of benzene rings is 1. The van der Waals surface area contributed by atoms with Gasteiger partial charge in [0.2, 0.25) is 10.0 Å². The average Bonchev–Trinajstić information content (AvgIpc) is 2.89. The van der Waals surface area contributed by atoms with Gasteiger partial charge in [-0.25, -0.2) is 13.2 Å². The van der Waals surface area contributed by atoms with Gasteiger partial charge in [-0.2, -0.15) is 4.31 Å². The van der Waals surface area contributed by atoms with Gasteiger partial charge < -0.3 is 14.1 Å². The number of nitrogens with zero attached hydrogens (tertiary/aromatic N) is 3. The van der Waals surface area contributed by atoms with E-state index in [1.165, 1.54) is 29.6 Å². The SMILES string of the molecule is CCN(CCN(C)C)S(=O)(=O)c1ccc2c(c1)oc(=O)n2CC(=O)OC. The van der Waals surface area contributed by atoms with Gasteiger partial charge in [0, 0.05) is 25.7 Å². The molecular weight excluding hydrogens is 362 g/mol. The van der Waals surface area contributed by atoms with Crippen LogP contribution in [0.1, 0.15) is 6.92 Å².